The number of phenols is 1. The number of rotatable bonds is 3. The molecule has 2 aromatic rings. The number of aryl methyl sites for hydroxylation is 1. The minimum atomic E-state index is -1.39. The topological polar surface area (TPSA) is 37.3 Å². The van der Waals surface area contributed by atoms with Crippen LogP contribution in [0.5, 0.6) is 5.75 Å². The van der Waals surface area contributed by atoms with Crippen LogP contribution >= 0.6 is 11.6 Å². The molecule has 2 rings (SSSR count). The van der Waals surface area contributed by atoms with Crippen LogP contribution in [0, 0.1) is 0 Å². The Morgan fingerprint density at radius 2 is 1.83 bits per heavy atom. The van der Waals surface area contributed by atoms with Crippen LogP contribution in [0.15, 0.2) is 52.3 Å². The van der Waals surface area contributed by atoms with Crippen LogP contribution < -0.4 is 0 Å². The third-order valence-corrected chi connectivity index (χ3v) is 4.34. The van der Waals surface area contributed by atoms with E-state index >= 15 is 0 Å². The van der Waals surface area contributed by atoms with Crippen LogP contribution in [0.4, 0.5) is 0 Å². The van der Waals surface area contributed by atoms with Gasteiger partial charge in [-0.2, -0.15) is 0 Å². The fourth-order valence-corrected chi connectivity index (χ4v) is 2.89. The Bertz CT molecular complexity index is 579. The van der Waals surface area contributed by atoms with Gasteiger partial charge in [0, 0.05) is 9.92 Å². The van der Waals surface area contributed by atoms with E-state index in [1.165, 1.54) is 0 Å². The average molecular weight is 281 g/mol. The summed E-state index contributed by atoms with van der Waals surface area (Å²) in [5.74, 6) is 0.0560. The Balaban J connectivity index is 2.42. The maximum atomic E-state index is 12.4. The van der Waals surface area contributed by atoms with Crippen molar-refractivity contribution >= 4 is 22.4 Å². The van der Waals surface area contributed by atoms with E-state index in [1.807, 2.05) is 13.0 Å². The lowest BCUT2D eigenvalue weighted by Gasteiger charge is -2.07. The third kappa shape index (κ3) is 2.74. The van der Waals surface area contributed by atoms with E-state index in [1.54, 1.807) is 36.4 Å². The summed E-state index contributed by atoms with van der Waals surface area (Å²) in [4.78, 5) is 1.07. The van der Waals surface area contributed by atoms with Crippen molar-refractivity contribution in [1.82, 2.24) is 0 Å². The number of hydrogen-bond acceptors (Lipinski definition) is 2. The summed E-state index contributed by atoms with van der Waals surface area (Å²) in [6.07, 6.45) is 0.838. The van der Waals surface area contributed by atoms with Gasteiger partial charge in [-0.3, -0.25) is 0 Å². The fourth-order valence-electron chi connectivity index (χ4n) is 1.61. The van der Waals surface area contributed by atoms with Crippen molar-refractivity contribution < 1.29 is 9.32 Å². The molecule has 0 bridgehead atoms. The Kier molecular flexibility index (Phi) is 4.04. The molecule has 0 unspecified atom stereocenters. The number of phenolic OH excluding ortho intramolecular Hbond substituents is 1. The second-order valence-electron chi connectivity index (χ2n) is 3.88. The van der Waals surface area contributed by atoms with Gasteiger partial charge in [0.05, 0.1) is 15.7 Å². The minimum absolute atomic E-state index is 0.0560. The van der Waals surface area contributed by atoms with Crippen molar-refractivity contribution in [3.8, 4) is 5.75 Å². The molecule has 18 heavy (non-hydrogen) atoms. The van der Waals surface area contributed by atoms with Crippen molar-refractivity contribution in [2.75, 3.05) is 0 Å². The summed E-state index contributed by atoms with van der Waals surface area (Å²) >= 11 is 5.79. The van der Waals surface area contributed by atoms with E-state index in [0.717, 1.165) is 12.0 Å². The van der Waals surface area contributed by atoms with E-state index in [2.05, 4.69) is 0 Å². The number of aromatic hydroxyl groups is 1. The highest BCUT2D eigenvalue weighted by molar-refractivity contribution is 7.85. The molecular formula is C14H13ClO2S. The van der Waals surface area contributed by atoms with Crippen molar-refractivity contribution in [2.24, 2.45) is 0 Å². The van der Waals surface area contributed by atoms with Crippen LogP contribution in [-0.2, 0) is 17.2 Å². The fraction of sp³-hybridized carbons (Fsp3) is 0.143. The zero-order valence-electron chi connectivity index (χ0n) is 9.89. The van der Waals surface area contributed by atoms with E-state index in [0.29, 0.717) is 14.8 Å². The third-order valence-electron chi connectivity index (χ3n) is 2.66. The Hall–Kier alpha value is -1.32. The van der Waals surface area contributed by atoms with Gasteiger partial charge in [-0.05, 0) is 48.4 Å². The number of benzene rings is 2. The Morgan fingerprint density at radius 1 is 1.17 bits per heavy atom. The van der Waals surface area contributed by atoms with Gasteiger partial charge in [-0.25, -0.2) is 4.21 Å². The predicted molar refractivity (Wildman–Crippen MR) is 73.6 cm³/mol. The van der Waals surface area contributed by atoms with Gasteiger partial charge in [0.1, 0.15) is 5.75 Å². The smallest absolute Gasteiger partial charge is 0.132 e. The molecule has 4 heteroatoms. The zero-order chi connectivity index (χ0) is 13.1. The summed E-state index contributed by atoms with van der Waals surface area (Å²) in [6, 6.07) is 12.0. The first-order valence-electron chi connectivity index (χ1n) is 5.61. The SMILES string of the molecule is CCc1ccc(O)c([S@](=O)c2ccc(Cl)cc2)c1. The molecule has 2 aromatic carbocycles. The molecule has 0 saturated carbocycles. The molecule has 1 N–H and O–H groups in total. The molecule has 0 aliphatic heterocycles. The van der Waals surface area contributed by atoms with E-state index in [4.69, 9.17) is 11.6 Å². The molecule has 94 valence electrons. The molecule has 0 fully saturated rings. The highest BCUT2D eigenvalue weighted by Crippen LogP contribution is 2.27. The van der Waals surface area contributed by atoms with Crippen molar-refractivity contribution in [2.45, 2.75) is 23.1 Å². The molecule has 0 amide bonds. The predicted octanol–water partition coefficient (Wildman–Crippen LogP) is 3.77. The quantitative estimate of drug-likeness (QED) is 0.929. The van der Waals surface area contributed by atoms with Gasteiger partial charge < -0.3 is 5.11 Å². The van der Waals surface area contributed by atoms with Gasteiger partial charge in [-0.1, -0.05) is 24.6 Å². The van der Waals surface area contributed by atoms with Crippen molar-refractivity contribution in [3.63, 3.8) is 0 Å². The Labute approximate surface area is 114 Å². The monoisotopic (exact) mass is 280 g/mol. The van der Waals surface area contributed by atoms with Gasteiger partial charge in [-0.15, -0.1) is 0 Å². The first kappa shape index (κ1) is 13.1. The minimum Gasteiger partial charge on any atom is -0.507 e. The van der Waals surface area contributed by atoms with Crippen LogP contribution in [0.1, 0.15) is 12.5 Å². The lowest BCUT2D eigenvalue weighted by atomic mass is 10.2. The van der Waals surface area contributed by atoms with Gasteiger partial charge in [0.25, 0.3) is 0 Å². The number of halogens is 1. The maximum absolute atomic E-state index is 12.4. The molecule has 0 aliphatic rings. The van der Waals surface area contributed by atoms with Gasteiger partial charge in [0.15, 0.2) is 0 Å². The molecule has 0 spiro atoms. The summed E-state index contributed by atoms with van der Waals surface area (Å²) in [5, 5.41) is 10.4. The standard InChI is InChI=1S/C14H13ClO2S/c1-2-10-3-8-13(16)14(9-10)18(17)12-6-4-11(15)5-7-12/h3-9,16H,2H2,1H3/t18-/m1/s1. The lowest BCUT2D eigenvalue weighted by molar-refractivity contribution is 0.461. The van der Waals surface area contributed by atoms with Crippen LogP contribution in [0.2, 0.25) is 5.02 Å². The van der Waals surface area contributed by atoms with E-state index in [9.17, 15) is 9.32 Å². The molecule has 0 aliphatic carbocycles. The highest BCUT2D eigenvalue weighted by Gasteiger charge is 2.12. The summed E-state index contributed by atoms with van der Waals surface area (Å²) < 4.78 is 12.4. The molecule has 0 radical (unpaired) electrons. The second kappa shape index (κ2) is 5.55. The van der Waals surface area contributed by atoms with Crippen molar-refractivity contribution in [3.05, 3.63) is 53.1 Å². The Morgan fingerprint density at radius 3 is 2.44 bits per heavy atom. The van der Waals surface area contributed by atoms with Gasteiger partial charge in [0.2, 0.25) is 0 Å². The molecule has 1 atom stereocenters. The van der Waals surface area contributed by atoms with Crippen LogP contribution in [0.3, 0.4) is 0 Å². The molecule has 0 heterocycles. The average Bonchev–Trinajstić information content (AvgIpc) is 2.39. The largest absolute Gasteiger partial charge is 0.507 e. The molecular weight excluding hydrogens is 268 g/mol. The summed E-state index contributed by atoms with van der Waals surface area (Å²) in [6.45, 7) is 2.02. The molecule has 2 nitrogen and oxygen atoms in total. The first-order chi connectivity index (χ1) is 8.61. The lowest BCUT2D eigenvalue weighted by Crippen LogP contribution is -1.95. The van der Waals surface area contributed by atoms with Crippen LogP contribution in [0.25, 0.3) is 0 Å². The summed E-state index contributed by atoms with van der Waals surface area (Å²) in [7, 11) is -1.39. The highest BCUT2D eigenvalue weighted by atomic mass is 35.5. The summed E-state index contributed by atoms with van der Waals surface area (Å²) in [5.41, 5.74) is 1.05. The first-order valence-corrected chi connectivity index (χ1v) is 7.14. The maximum Gasteiger partial charge on any atom is 0.132 e. The zero-order valence-corrected chi connectivity index (χ0v) is 11.5. The van der Waals surface area contributed by atoms with Gasteiger partial charge >= 0.3 is 0 Å². The van der Waals surface area contributed by atoms with Crippen molar-refractivity contribution in [1.29, 1.82) is 0 Å². The van der Waals surface area contributed by atoms with Crippen LogP contribution in [-0.4, -0.2) is 9.32 Å². The normalized spacial score (nSPS) is 12.3. The van der Waals surface area contributed by atoms with E-state index in [-0.39, 0.29) is 5.75 Å². The second-order valence-corrected chi connectivity index (χ2v) is 5.76. The van der Waals surface area contributed by atoms with E-state index < -0.39 is 10.8 Å². The molecule has 0 saturated heterocycles. The number of hydrogen-bond donors (Lipinski definition) is 1. The molecule has 0 aromatic heterocycles.